The molecular weight excluding hydrogens is 398 g/mol. The van der Waals surface area contributed by atoms with Crippen molar-refractivity contribution in [1.82, 2.24) is 15.1 Å². The third-order valence-electron chi connectivity index (χ3n) is 6.89. The number of urea groups is 1. The zero-order valence-electron chi connectivity index (χ0n) is 18.1. The molecule has 8 nitrogen and oxygen atoms in total. The zero-order chi connectivity index (χ0) is 22.2. The molecular formula is C23H29N3O5. The largest absolute Gasteiger partial charge is 0.451 e. The Kier molecular flexibility index (Phi) is 5.73. The van der Waals surface area contributed by atoms with Crippen molar-refractivity contribution in [2.45, 2.75) is 64.1 Å². The lowest BCUT2D eigenvalue weighted by Crippen LogP contribution is -2.54. The summed E-state index contributed by atoms with van der Waals surface area (Å²) >= 11 is 0. The molecule has 0 aromatic heterocycles. The van der Waals surface area contributed by atoms with Crippen LogP contribution in [-0.2, 0) is 32.1 Å². The molecule has 8 heteroatoms. The fourth-order valence-electron chi connectivity index (χ4n) is 4.99. The summed E-state index contributed by atoms with van der Waals surface area (Å²) in [6.45, 7) is 4.03. The maximum absolute atomic E-state index is 13.0. The van der Waals surface area contributed by atoms with Gasteiger partial charge in [-0.3, -0.25) is 19.3 Å². The van der Waals surface area contributed by atoms with Crippen LogP contribution in [-0.4, -0.2) is 58.3 Å². The highest BCUT2D eigenvalue weighted by molar-refractivity contribution is 6.09. The van der Waals surface area contributed by atoms with Gasteiger partial charge in [0.25, 0.3) is 11.8 Å². The van der Waals surface area contributed by atoms with Crippen LogP contribution in [0.25, 0.3) is 0 Å². The molecule has 2 aliphatic heterocycles. The molecule has 0 bridgehead atoms. The van der Waals surface area contributed by atoms with Crippen molar-refractivity contribution in [3.05, 3.63) is 35.4 Å². The lowest BCUT2D eigenvalue weighted by molar-refractivity contribution is -0.161. The van der Waals surface area contributed by atoms with Crippen LogP contribution in [0.5, 0.6) is 0 Å². The third-order valence-corrected chi connectivity index (χ3v) is 6.89. The van der Waals surface area contributed by atoms with Crippen LogP contribution >= 0.6 is 0 Å². The number of fused-ring (bicyclic) bond motifs is 1. The first-order valence-electron chi connectivity index (χ1n) is 11.0. The van der Waals surface area contributed by atoms with Gasteiger partial charge in [-0.1, -0.05) is 44.0 Å². The lowest BCUT2D eigenvalue weighted by atomic mass is 9.73. The quantitative estimate of drug-likeness (QED) is 0.586. The van der Waals surface area contributed by atoms with Crippen LogP contribution in [0, 0.1) is 5.92 Å². The van der Waals surface area contributed by atoms with E-state index in [0.29, 0.717) is 19.5 Å². The van der Waals surface area contributed by atoms with E-state index in [1.165, 1.54) is 12.5 Å². The molecule has 1 N–H and O–H groups in total. The zero-order valence-corrected chi connectivity index (χ0v) is 18.1. The minimum atomic E-state index is -0.985. The number of imide groups is 1. The van der Waals surface area contributed by atoms with Gasteiger partial charge in [-0.15, -0.1) is 0 Å². The topological polar surface area (TPSA) is 96.0 Å². The van der Waals surface area contributed by atoms with Crippen molar-refractivity contribution >= 4 is 23.8 Å². The number of nitrogens with one attached hydrogen (secondary N) is 1. The monoisotopic (exact) mass is 427 g/mol. The summed E-state index contributed by atoms with van der Waals surface area (Å²) < 4.78 is 5.31. The molecule has 1 saturated heterocycles. The number of nitrogens with zero attached hydrogens (tertiary/aromatic N) is 2. The molecule has 3 aliphatic rings. The normalized spacial score (nSPS) is 26.5. The van der Waals surface area contributed by atoms with Crippen molar-refractivity contribution < 1.29 is 23.9 Å². The number of carbonyl (C=O) groups is 4. The van der Waals surface area contributed by atoms with Crippen LogP contribution < -0.4 is 5.32 Å². The molecule has 3 atom stereocenters. The van der Waals surface area contributed by atoms with Gasteiger partial charge >= 0.3 is 12.0 Å². The number of esters is 1. The number of hydrogen-bond donors (Lipinski definition) is 1. The smallest absolute Gasteiger partial charge is 0.327 e. The summed E-state index contributed by atoms with van der Waals surface area (Å²) in [5.74, 6) is -1.39. The van der Waals surface area contributed by atoms with Gasteiger partial charge < -0.3 is 15.0 Å². The van der Waals surface area contributed by atoms with E-state index in [2.05, 4.69) is 11.4 Å². The van der Waals surface area contributed by atoms with E-state index in [4.69, 9.17) is 4.74 Å². The molecule has 1 aliphatic carbocycles. The van der Waals surface area contributed by atoms with E-state index in [1.807, 2.05) is 25.1 Å². The first kappa shape index (κ1) is 21.3. The molecule has 1 saturated carbocycles. The maximum atomic E-state index is 13.0. The number of hydrogen-bond acceptors (Lipinski definition) is 5. The van der Waals surface area contributed by atoms with Crippen LogP contribution in [0.1, 0.15) is 50.7 Å². The van der Waals surface area contributed by atoms with Crippen molar-refractivity contribution in [3.63, 3.8) is 0 Å². The standard InChI is InChI=1S/C23H29N3O5/c1-15-7-5-6-11-23(15)21(29)26(22(30)24-23)14-19(27)31-16(2)20(28)25-12-10-17-8-3-4-9-18(17)13-25/h3-4,8-9,15-16H,5-7,10-14H2,1-2H3,(H,24,30)/t15-,16+,23-/m1/s1. The summed E-state index contributed by atoms with van der Waals surface area (Å²) in [6, 6.07) is 7.40. The summed E-state index contributed by atoms with van der Waals surface area (Å²) in [5.41, 5.74) is 1.39. The second kappa shape index (κ2) is 8.32. The van der Waals surface area contributed by atoms with Crippen molar-refractivity contribution in [3.8, 4) is 0 Å². The van der Waals surface area contributed by atoms with Crippen LogP contribution in [0.15, 0.2) is 24.3 Å². The molecule has 0 unspecified atom stereocenters. The highest BCUT2D eigenvalue weighted by Gasteiger charge is 2.55. The highest BCUT2D eigenvalue weighted by atomic mass is 16.5. The Morgan fingerprint density at radius 3 is 2.71 bits per heavy atom. The van der Waals surface area contributed by atoms with Gasteiger partial charge in [0.15, 0.2) is 6.10 Å². The van der Waals surface area contributed by atoms with E-state index in [0.717, 1.165) is 36.1 Å². The molecule has 166 valence electrons. The van der Waals surface area contributed by atoms with Gasteiger partial charge in [0.05, 0.1) is 0 Å². The molecule has 1 aromatic rings. The Bertz CT molecular complexity index is 916. The molecule has 4 amide bonds. The van der Waals surface area contributed by atoms with Gasteiger partial charge in [0, 0.05) is 13.1 Å². The van der Waals surface area contributed by atoms with E-state index in [-0.39, 0.29) is 17.7 Å². The number of rotatable bonds is 4. The SMILES string of the molecule is C[C@H](OC(=O)CN1C(=O)N[C@@]2(CCCC[C@H]2C)C1=O)C(=O)N1CCc2ccccc2C1. The molecule has 2 fully saturated rings. The summed E-state index contributed by atoms with van der Waals surface area (Å²) in [4.78, 5) is 53.3. The molecule has 4 rings (SSSR count). The Labute approximate surface area is 181 Å². The predicted octanol–water partition coefficient (Wildman–Crippen LogP) is 2.00. The first-order chi connectivity index (χ1) is 14.8. The van der Waals surface area contributed by atoms with Gasteiger partial charge in [0.1, 0.15) is 12.1 Å². The van der Waals surface area contributed by atoms with E-state index in [9.17, 15) is 19.2 Å². The Morgan fingerprint density at radius 2 is 1.97 bits per heavy atom. The average Bonchev–Trinajstić information content (AvgIpc) is 2.99. The Balaban J connectivity index is 1.35. The lowest BCUT2D eigenvalue weighted by Gasteiger charge is -2.36. The summed E-state index contributed by atoms with van der Waals surface area (Å²) in [6.07, 6.45) is 3.09. The van der Waals surface area contributed by atoms with Gasteiger partial charge in [0.2, 0.25) is 0 Å². The molecule has 31 heavy (non-hydrogen) atoms. The number of amides is 4. The predicted molar refractivity (Wildman–Crippen MR) is 112 cm³/mol. The van der Waals surface area contributed by atoms with Crippen LogP contribution in [0.3, 0.4) is 0 Å². The Hall–Kier alpha value is -2.90. The number of benzene rings is 1. The van der Waals surface area contributed by atoms with E-state index < -0.39 is 30.2 Å². The molecule has 1 spiro atoms. The highest BCUT2D eigenvalue weighted by Crippen LogP contribution is 2.38. The van der Waals surface area contributed by atoms with Crippen LogP contribution in [0.2, 0.25) is 0 Å². The molecule has 0 radical (unpaired) electrons. The van der Waals surface area contributed by atoms with Gasteiger partial charge in [-0.2, -0.15) is 0 Å². The van der Waals surface area contributed by atoms with Gasteiger partial charge in [-0.25, -0.2) is 4.79 Å². The second-order valence-electron chi connectivity index (χ2n) is 8.85. The van der Waals surface area contributed by atoms with Crippen molar-refractivity contribution in [2.75, 3.05) is 13.1 Å². The fourth-order valence-corrected chi connectivity index (χ4v) is 4.99. The summed E-state index contributed by atoms with van der Waals surface area (Å²) in [5, 5.41) is 2.82. The number of carbonyl (C=O) groups excluding carboxylic acids is 4. The maximum Gasteiger partial charge on any atom is 0.327 e. The first-order valence-corrected chi connectivity index (χ1v) is 11.0. The molecule has 1 aromatic carbocycles. The van der Waals surface area contributed by atoms with Crippen molar-refractivity contribution in [1.29, 1.82) is 0 Å². The van der Waals surface area contributed by atoms with E-state index in [1.54, 1.807) is 4.90 Å². The van der Waals surface area contributed by atoms with Gasteiger partial charge in [-0.05, 0) is 43.2 Å². The second-order valence-corrected chi connectivity index (χ2v) is 8.85. The van der Waals surface area contributed by atoms with E-state index >= 15 is 0 Å². The average molecular weight is 428 g/mol. The molecule has 2 heterocycles. The summed E-state index contributed by atoms with van der Waals surface area (Å²) in [7, 11) is 0. The third kappa shape index (κ3) is 3.91. The minimum absolute atomic E-state index is 0.0150. The van der Waals surface area contributed by atoms with Crippen molar-refractivity contribution in [2.24, 2.45) is 5.92 Å². The van der Waals surface area contributed by atoms with Crippen LogP contribution in [0.4, 0.5) is 4.79 Å². The number of ether oxygens (including phenoxy) is 1. The minimum Gasteiger partial charge on any atom is -0.451 e. The Morgan fingerprint density at radius 1 is 1.23 bits per heavy atom. The fraction of sp³-hybridized carbons (Fsp3) is 0.565.